The molecule has 1 aliphatic heterocycles. The van der Waals surface area contributed by atoms with E-state index in [4.69, 9.17) is 0 Å². The average Bonchev–Trinajstić information content (AvgIpc) is 2.52. The van der Waals surface area contributed by atoms with Crippen molar-refractivity contribution in [3.8, 4) is 0 Å². The number of amides is 1. The predicted molar refractivity (Wildman–Crippen MR) is 72.6 cm³/mol. The maximum Gasteiger partial charge on any atom is 0.262 e. The molecular formula is C11H8BrNOS2. The second-order valence-corrected chi connectivity index (χ2v) is 6.58. The highest BCUT2D eigenvalue weighted by Gasteiger charge is 2.21. The van der Waals surface area contributed by atoms with Crippen molar-refractivity contribution in [2.75, 3.05) is 12.3 Å². The van der Waals surface area contributed by atoms with Crippen LogP contribution in [0, 0.1) is 0 Å². The lowest BCUT2D eigenvalue weighted by molar-refractivity contribution is 0.0959. The maximum atomic E-state index is 11.8. The van der Waals surface area contributed by atoms with E-state index in [1.807, 2.05) is 6.07 Å². The third-order valence-corrected chi connectivity index (χ3v) is 5.36. The molecule has 0 aliphatic carbocycles. The van der Waals surface area contributed by atoms with E-state index in [0.29, 0.717) is 0 Å². The zero-order valence-corrected chi connectivity index (χ0v) is 11.5. The van der Waals surface area contributed by atoms with Crippen LogP contribution in [0.3, 0.4) is 0 Å². The molecule has 1 aromatic carbocycles. The van der Waals surface area contributed by atoms with Crippen molar-refractivity contribution >= 4 is 55.0 Å². The Morgan fingerprint density at radius 1 is 1.38 bits per heavy atom. The SMILES string of the molecule is O=C1NCCSc2c1sc1ccc(Br)cc21. The predicted octanol–water partition coefficient (Wildman–Crippen LogP) is 3.50. The molecule has 2 heterocycles. The number of halogens is 1. The van der Waals surface area contributed by atoms with E-state index in [1.54, 1.807) is 23.1 Å². The van der Waals surface area contributed by atoms with Crippen molar-refractivity contribution in [2.45, 2.75) is 4.90 Å². The van der Waals surface area contributed by atoms with Gasteiger partial charge in [-0.15, -0.1) is 23.1 Å². The molecule has 1 aromatic heterocycles. The largest absolute Gasteiger partial charge is 0.350 e. The number of hydrogen-bond donors (Lipinski definition) is 1. The highest BCUT2D eigenvalue weighted by Crippen LogP contribution is 2.40. The van der Waals surface area contributed by atoms with E-state index in [1.165, 1.54) is 10.1 Å². The fraction of sp³-hybridized carbons (Fsp3) is 0.182. The molecule has 82 valence electrons. The van der Waals surface area contributed by atoms with Gasteiger partial charge in [-0.25, -0.2) is 0 Å². The van der Waals surface area contributed by atoms with Crippen LogP contribution >= 0.6 is 39.0 Å². The third-order valence-electron chi connectivity index (χ3n) is 2.44. The number of hydrogen-bond acceptors (Lipinski definition) is 3. The Hall–Kier alpha value is -0.520. The fourth-order valence-electron chi connectivity index (χ4n) is 1.74. The Balaban J connectivity index is 2.30. The zero-order chi connectivity index (χ0) is 11.1. The van der Waals surface area contributed by atoms with Gasteiger partial charge in [0.1, 0.15) is 4.88 Å². The first-order valence-electron chi connectivity index (χ1n) is 4.89. The molecule has 0 unspecified atom stereocenters. The van der Waals surface area contributed by atoms with Crippen molar-refractivity contribution < 1.29 is 4.79 Å². The van der Waals surface area contributed by atoms with Crippen LogP contribution in [0.25, 0.3) is 10.1 Å². The lowest BCUT2D eigenvalue weighted by Gasteiger charge is -1.97. The maximum absolute atomic E-state index is 11.8. The van der Waals surface area contributed by atoms with Gasteiger partial charge in [0.25, 0.3) is 5.91 Å². The molecule has 1 amide bonds. The fourth-order valence-corrected chi connectivity index (χ4v) is 4.42. The summed E-state index contributed by atoms with van der Waals surface area (Å²) in [4.78, 5) is 13.8. The smallest absolute Gasteiger partial charge is 0.262 e. The molecule has 0 fully saturated rings. The first-order valence-corrected chi connectivity index (χ1v) is 7.48. The summed E-state index contributed by atoms with van der Waals surface area (Å²) in [5.74, 6) is 1.01. The lowest BCUT2D eigenvalue weighted by Crippen LogP contribution is -2.22. The number of thioether (sulfide) groups is 1. The molecule has 3 rings (SSSR count). The number of carbonyl (C=O) groups is 1. The monoisotopic (exact) mass is 313 g/mol. The Bertz CT molecular complexity index is 579. The standard InChI is InChI=1S/C11H8BrNOS2/c12-6-1-2-8-7(5-6)9-10(16-8)11(14)13-3-4-15-9/h1-2,5H,3-4H2,(H,13,14). The summed E-state index contributed by atoms with van der Waals surface area (Å²) in [7, 11) is 0. The Labute approximate surface area is 110 Å². The molecule has 0 atom stereocenters. The molecule has 1 N–H and O–H groups in total. The van der Waals surface area contributed by atoms with E-state index in [2.05, 4.69) is 33.4 Å². The summed E-state index contributed by atoms with van der Waals surface area (Å²) in [6.45, 7) is 0.750. The molecule has 0 bridgehead atoms. The van der Waals surface area contributed by atoms with Gasteiger partial charge in [0, 0.05) is 31.8 Å². The molecule has 0 saturated heterocycles. The minimum absolute atomic E-state index is 0.0670. The molecule has 0 saturated carbocycles. The summed E-state index contributed by atoms with van der Waals surface area (Å²) in [5.41, 5.74) is 0. The van der Waals surface area contributed by atoms with E-state index >= 15 is 0 Å². The highest BCUT2D eigenvalue weighted by atomic mass is 79.9. The first kappa shape index (κ1) is 10.6. The second-order valence-electron chi connectivity index (χ2n) is 3.51. The van der Waals surface area contributed by atoms with Crippen molar-refractivity contribution in [3.05, 3.63) is 27.5 Å². The summed E-state index contributed by atoms with van der Waals surface area (Å²) < 4.78 is 2.24. The van der Waals surface area contributed by atoms with Crippen molar-refractivity contribution in [3.63, 3.8) is 0 Å². The normalized spacial score (nSPS) is 15.7. The zero-order valence-electron chi connectivity index (χ0n) is 8.25. The van der Waals surface area contributed by atoms with Gasteiger partial charge in [-0.1, -0.05) is 15.9 Å². The molecule has 16 heavy (non-hydrogen) atoms. The first-order chi connectivity index (χ1) is 7.75. The van der Waals surface area contributed by atoms with Crippen molar-refractivity contribution in [1.29, 1.82) is 0 Å². The molecule has 0 radical (unpaired) electrons. The van der Waals surface area contributed by atoms with Gasteiger partial charge < -0.3 is 5.32 Å². The molecular weight excluding hydrogens is 306 g/mol. The van der Waals surface area contributed by atoms with E-state index in [9.17, 15) is 4.79 Å². The Morgan fingerprint density at radius 2 is 2.25 bits per heavy atom. The Kier molecular flexibility index (Phi) is 2.69. The highest BCUT2D eigenvalue weighted by molar-refractivity contribution is 9.10. The van der Waals surface area contributed by atoms with Gasteiger partial charge in [-0.2, -0.15) is 0 Å². The lowest BCUT2D eigenvalue weighted by atomic mass is 10.2. The molecule has 2 nitrogen and oxygen atoms in total. The van der Waals surface area contributed by atoms with Crippen LogP contribution in [-0.4, -0.2) is 18.2 Å². The molecule has 2 aromatic rings. The minimum Gasteiger partial charge on any atom is -0.350 e. The second kappa shape index (κ2) is 4.05. The summed E-state index contributed by atoms with van der Waals surface area (Å²) in [5, 5.41) is 4.11. The van der Waals surface area contributed by atoms with Gasteiger partial charge in [-0.05, 0) is 18.2 Å². The van der Waals surface area contributed by atoms with Crippen LogP contribution in [0.15, 0.2) is 27.6 Å². The van der Waals surface area contributed by atoms with Gasteiger partial charge >= 0.3 is 0 Å². The summed E-state index contributed by atoms with van der Waals surface area (Å²) in [6, 6.07) is 6.17. The van der Waals surface area contributed by atoms with E-state index in [0.717, 1.165) is 26.5 Å². The number of fused-ring (bicyclic) bond motifs is 3. The number of benzene rings is 1. The van der Waals surface area contributed by atoms with Crippen LogP contribution in [0.4, 0.5) is 0 Å². The van der Waals surface area contributed by atoms with Gasteiger partial charge in [0.2, 0.25) is 0 Å². The van der Waals surface area contributed by atoms with Crippen LogP contribution in [0.2, 0.25) is 0 Å². The summed E-state index contributed by atoms with van der Waals surface area (Å²) >= 11 is 6.81. The summed E-state index contributed by atoms with van der Waals surface area (Å²) in [6.07, 6.45) is 0. The minimum atomic E-state index is 0.0670. The van der Waals surface area contributed by atoms with Crippen molar-refractivity contribution in [1.82, 2.24) is 5.32 Å². The Morgan fingerprint density at radius 3 is 3.12 bits per heavy atom. The van der Waals surface area contributed by atoms with Gasteiger partial charge in [0.15, 0.2) is 0 Å². The number of carbonyl (C=O) groups excluding carboxylic acids is 1. The van der Waals surface area contributed by atoms with Gasteiger partial charge in [0.05, 0.1) is 0 Å². The topological polar surface area (TPSA) is 29.1 Å². The molecule has 1 aliphatic rings. The van der Waals surface area contributed by atoms with Crippen LogP contribution in [-0.2, 0) is 0 Å². The number of rotatable bonds is 0. The number of nitrogens with one attached hydrogen (secondary N) is 1. The third kappa shape index (κ3) is 1.67. The quantitative estimate of drug-likeness (QED) is 0.806. The van der Waals surface area contributed by atoms with Crippen LogP contribution in [0.5, 0.6) is 0 Å². The van der Waals surface area contributed by atoms with E-state index in [-0.39, 0.29) is 5.91 Å². The van der Waals surface area contributed by atoms with Crippen LogP contribution in [0.1, 0.15) is 9.67 Å². The van der Waals surface area contributed by atoms with Crippen LogP contribution < -0.4 is 5.32 Å². The molecule has 0 spiro atoms. The average molecular weight is 314 g/mol. The van der Waals surface area contributed by atoms with Crippen molar-refractivity contribution in [2.24, 2.45) is 0 Å². The number of thiophene rings is 1. The molecule has 5 heteroatoms. The van der Waals surface area contributed by atoms with Gasteiger partial charge in [-0.3, -0.25) is 4.79 Å². The van der Waals surface area contributed by atoms with E-state index < -0.39 is 0 Å².